The van der Waals surface area contributed by atoms with Crippen LogP contribution in [0.25, 0.3) is 11.3 Å². The van der Waals surface area contributed by atoms with Gasteiger partial charge in [-0.3, -0.25) is 0 Å². The van der Waals surface area contributed by atoms with Gasteiger partial charge in [-0.2, -0.15) is 13.2 Å². The molecular weight excluding hydrogens is 460 g/mol. The molecule has 0 amide bonds. The maximum atomic E-state index is 14.0. The highest BCUT2D eigenvalue weighted by Crippen LogP contribution is 2.42. The molecule has 3 fully saturated rings. The summed E-state index contributed by atoms with van der Waals surface area (Å²) < 4.78 is 61.2. The SMILES string of the molecule is Cc1cc(-c2cc(C(F)(F)F)c(N[C@H]3C[C@@H]4CN(CC5CCOCC5)C[C@@H]4C3)nn2)c(C)cc1F. The minimum atomic E-state index is -4.58. The molecule has 1 saturated carbocycles. The fourth-order valence-electron chi connectivity index (χ4n) is 6.05. The van der Waals surface area contributed by atoms with E-state index >= 15 is 0 Å². The van der Waals surface area contributed by atoms with Gasteiger partial charge in [-0.1, -0.05) is 0 Å². The van der Waals surface area contributed by atoms with Crippen LogP contribution >= 0.6 is 0 Å². The standard InChI is InChI=1S/C26H32F4N4O/c1-15-8-23(27)16(2)7-21(15)24-11-22(26(28,29)30)25(33-32-24)31-20-9-18-13-34(14-19(18)10-20)12-17-3-5-35-6-4-17/h7-8,11,17-20H,3-6,9-10,12-14H2,1-2H3,(H,31,33)/t18-,19+,20+. The summed E-state index contributed by atoms with van der Waals surface area (Å²) in [7, 11) is 0. The van der Waals surface area contributed by atoms with Crippen molar-refractivity contribution < 1.29 is 22.3 Å². The van der Waals surface area contributed by atoms with E-state index in [0.29, 0.717) is 34.4 Å². The molecule has 9 heteroatoms. The number of likely N-dealkylation sites (tertiary alicyclic amines) is 1. The lowest BCUT2D eigenvalue weighted by Gasteiger charge is -2.28. The number of anilines is 1. The molecular formula is C26H32F4N4O. The molecule has 1 aromatic carbocycles. The Morgan fingerprint density at radius 2 is 1.69 bits per heavy atom. The summed E-state index contributed by atoms with van der Waals surface area (Å²) in [5, 5.41) is 11.1. The largest absolute Gasteiger partial charge is 0.420 e. The highest BCUT2D eigenvalue weighted by Gasteiger charge is 2.43. The Labute approximate surface area is 203 Å². The number of ether oxygens (including phenoxy) is 1. The summed E-state index contributed by atoms with van der Waals surface area (Å²) in [6, 6.07) is 3.81. The molecule has 1 aromatic heterocycles. The summed E-state index contributed by atoms with van der Waals surface area (Å²) in [4.78, 5) is 2.53. The van der Waals surface area contributed by atoms with Gasteiger partial charge in [-0.05, 0) is 86.6 Å². The zero-order chi connectivity index (χ0) is 24.7. The van der Waals surface area contributed by atoms with Crippen molar-refractivity contribution in [3.05, 3.63) is 40.7 Å². The number of aromatic nitrogens is 2. The van der Waals surface area contributed by atoms with Crippen LogP contribution in [-0.2, 0) is 10.9 Å². The van der Waals surface area contributed by atoms with E-state index in [-0.39, 0.29) is 17.6 Å². The fraction of sp³-hybridized carbons (Fsp3) is 0.615. The number of hydrogen-bond acceptors (Lipinski definition) is 5. The van der Waals surface area contributed by atoms with Crippen molar-refractivity contribution in [3.63, 3.8) is 0 Å². The topological polar surface area (TPSA) is 50.3 Å². The summed E-state index contributed by atoms with van der Waals surface area (Å²) in [6.45, 7) is 8.05. The first kappa shape index (κ1) is 24.4. The number of fused-ring (bicyclic) bond motifs is 1. The predicted molar refractivity (Wildman–Crippen MR) is 126 cm³/mol. The van der Waals surface area contributed by atoms with Crippen molar-refractivity contribution in [1.82, 2.24) is 15.1 Å². The Kier molecular flexibility index (Phi) is 6.74. The highest BCUT2D eigenvalue weighted by atomic mass is 19.4. The van der Waals surface area contributed by atoms with Crippen LogP contribution in [0.4, 0.5) is 23.4 Å². The van der Waals surface area contributed by atoms with Crippen LogP contribution in [0.2, 0.25) is 0 Å². The molecule has 2 aromatic rings. The summed E-state index contributed by atoms with van der Waals surface area (Å²) in [6.07, 6.45) is -0.674. The van der Waals surface area contributed by atoms with E-state index in [4.69, 9.17) is 4.74 Å². The molecule has 3 heterocycles. The molecule has 35 heavy (non-hydrogen) atoms. The summed E-state index contributed by atoms with van der Waals surface area (Å²) >= 11 is 0. The van der Waals surface area contributed by atoms with E-state index in [9.17, 15) is 17.6 Å². The Balaban J connectivity index is 1.27. The normalized spacial score (nSPS) is 25.7. The third-order valence-corrected chi connectivity index (χ3v) is 7.91. The lowest BCUT2D eigenvalue weighted by molar-refractivity contribution is -0.137. The Morgan fingerprint density at radius 1 is 1.00 bits per heavy atom. The van der Waals surface area contributed by atoms with E-state index in [1.54, 1.807) is 13.8 Å². The molecule has 2 aliphatic heterocycles. The van der Waals surface area contributed by atoms with E-state index < -0.39 is 17.6 Å². The molecule has 3 aliphatic rings. The van der Waals surface area contributed by atoms with E-state index in [2.05, 4.69) is 20.4 Å². The lowest BCUT2D eigenvalue weighted by atomic mass is 10.00. The molecule has 1 N–H and O–H groups in total. The van der Waals surface area contributed by atoms with Crippen LogP contribution in [0.15, 0.2) is 18.2 Å². The van der Waals surface area contributed by atoms with E-state index in [0.717, 1.165) is 64.6 Å². The second kappa shape index (κ2) is 9.65. The molecule has 190 valence electrons. The summed E-state index contributed by atoms with van der Waals surface area (Å²) in [5.41, 5.74) is 0.586. The van der Waals surface area contributed by atoms with Crippen molar-refractivity contribution >= 4 is 5.82 Å². The fourth-order valence-corrected chi connectivity index (χ4v) is 6.05. The Bertz CT molecular complexity index is 1060. The van der Waals surface area contributed by atoms with Gasteiger partial charge in [0, 0.05) is 44.5 Å². The first-order valence-electron chi connectivity index (χ1n) is 12.5. The maximum Gasteiger partial charge on any atom is 0.420 e. The molecule has 0 radical (unpaired) electrons. The van der Waals surface area contributed by atoms with Crippen molar-refractivity contribution in [2.75, 3.05) is 38.2 Å². The van der Waals surface area contributed by atoms with Gasteiger partial charge >= 0.3 is 6.18 Å². The van der Waals surface area contributed by atoms with Gasteiger partial charge in [0.15, 0.2) is 5.82 Å². The van der Waals surface area contributed by atoms with Crippen LogP contribution in [0, 0.1) is 37.4 Å². The van der Waals surface area contributed by atoms with Gasteiger partial charge in [0.25, 0.3) is 0 Å². The molecule has 1 aliphatic carbocycles. The minimum Gasteiger partial charge on any atom is -0.381 e. The van der Waals surface area contributed by atoms with Gasteiger partial charge < -0.3 is 15.0 Å². The number of benzene rings is 1. The zero-order valence-electron chi connectivity index (χ0n) is 20.2. The average Bonchev–Trinajstić information content (AvgIpc) is 3.34. The third kappa shape index (κ3) is 5.31. The number of halogens is 4. The maximum absolute atomic E-state index is 14.0. The van der Waals surface area contributed by atoms with Crippen LogP contribution in [0.5, 0.6) is 0 Å². The van der Waals surface area contributed by atoms with Gasteiger partial charge in [0.1, 0.15) is 11.4 Å². The van der Waals surface area contributed by atoms with Crippen LogP contribution < -0.4 is 5.32 Å². The van der Waals surface area contributed by atoms with Crippen LogP contribution in [0.3, 0.4) is 0 Å². The van der Waals surface area contributed by atoms with Crippen LogP contribution in [-0.4, -0.2) is 54.0 Å². The van der Waals surface area contributed by atoms with Crippen molar-refractivity contribution in [2.24, 2.45) is 17.8 Å². The molecule has 0 unspecified atom stereocenters. The second-order valence-electron chi connectivity index (χ2n) is 10.5. The highest BCUT2D eigenvalue weighted by molar-refractivity contribution is 5.66. The number of nitrogens with zero attached hydrogens (tertiary/aromatic N) is 3. The number of alkyl halides is 3. The smallest absolute Gasteiger partial charge is 0.381 e. The van der Waals surface area contributed by atoms with Crippen molar-refractivity contribution in [3.8, 4) is 11.3 Å². The number of nitrogens with one attached hydrogen (secondary N) is 1. The van der Waals surface area contributed by atoms with E-state index in [1.165, 1.54) is 12.1 Å². The van der Waals surface area contributed by atoms with Gasteiger partial charge in [0.05, 0.1) is 5.69 Å². The van der Waals surface area contributed by atoms with Gasteiger partial charge in [0.2, 0.25) is 0 Å². The zero-order valence-corrected chi connectivity index (χ0v) is 20.2. The molecule has 0 spiro atoms. The van der Waals surface area contributed by atoms with Gasteiger partial charge in [-0.15, -0.1) is 10.2 Å². The third-order valence-electron chi connectivity index (χ3n) is 7.91. The average molecular weight is 493 g/mol. The molecule has 5 nitrogen and oxygen atoms in total. The molecule has 2 saturated heterocycles. The first-order chi connectivity index (χ1) is 16.7. The van der Waals surface area contributed by atoms with Crippen LogP contribution in [0.1, 0.15) is 42.4 Å². The molecule has 3 atom stereocenters. The van der Waals surface area contributed by atoms with Crippen molar-refractivity contribution in [1.29, 1.82) is 0 Å². The van der Waals surface area contributed by atoms with Crippen molar-refractivity contribution in [2.45, 2.75) is 51.7 Å². The number of hydrogen-bond donors (Lipinski definition) is 1. The summed E-state index contributed by atoms with van der Waals surface area (Å²) in [5.74, 6) is 1.07. The number of aryl methyl sites for hydroxylation is 2. The quantitative estimate of drug-likeness (QED) is 0.562. The minimum absolute atomic E-state index is 0.0497. The second-order valence-corrected chi connectivity index (χ2v) is 10.5. The number of rotatable bonds is 5. The molecule has 0 bridgehead atoms. The first-order valence-corrected chi connectivity index (χ1v) is 12.5. The Hall–Kier alpha value is -2.26. The lowest BCUT2D eigenvalue weighted by Crippen LogP contribution is -2.32. The van der Waals surface area contributed by atoms with E-state index in [1.807, 2.05) is 0 Å². The Morgan fingerprint density at radius 3 is 2.34 bits per heavy atom. The molecule has 5 rings (SSSR count). The monoisotopic (exact) mass is 492 g/mol. The van der Waals surface area contributed by atoms with Gasteiger partial charge in [-0.25, -0.2) is 4.39 Å². The predicted octanol–water partition coefficient (Wildman–Crippen LogP) is 5.47.